The minimum Gasteiger partial charge on any atom is -0.363 e. The number of rotatable bonds is 5. The maximum absolute atomic E-state index is 5.15. The number of hydrogen-bond acceptors (Lipinski definition) is 1. The average molecular weight is 200 g/mol. The Morgan fingerprint density at radius 2 is 2.23 bits per heavy atom. The molecule has 76 valence electrons. The van der Waals surface area contributed by atoms with Crippen molar-refractivity contribution in [3.63, 3.8) is 0 Å². The molecule has 0 aromatic carbocycles. The highest BCUT2D eigenvalue weighted by Gasteiger charge is 2.23. The Hall–Kier alpha value is -0.310. The highest BCUT2D eigenvalue weighted by atomic mass is 32.1. The van der Waals surface area contributed by atoms with Gasteiger partial charge in [0.15, 0.2) is 5.11 Å². The number of hydrogen-bond donors (Lipinski definition) is 2. The van der Waals surface area contributed by atoms with Crippen molar-refractivity contribution in [1.29, 1.82) is 0 Å². The van der Waals surface area contributed by atoms with E-state index in [0.717, 1.165) is 24.0 Å². The fourth-order valence-corrected chi connectivity index (χ4v) is 1.73. The van der Waals surface area contributed by atoms with Gasteiger partial charge >= 0.3 is 0 Å². The molecule has 1 fully saturated rings. The fourth-order valence-electron chi connectivity index (χ4n) is 1.43. The lowest BCUT2D eigenvalue weighted by atomic mass is 10.2. The summed E-state index contributed by atoms with van der Waals surface area (Å²) in [5.41, 5.74) is 0. The van der Waals surface area contributed by atoms with E-state index >= 15 is 0 Å². The van der Waals surface area contributed by atoms with Crippen LogP contribution in [0, 0.1) is 5.92 Å². The molecule has 0 aromatic heterocycles. The van der Waals surface area contributed by atoms with Gasteiger partial charge in [0.25, 0.3) is 0 Å². The predicted octanol–water partition coefficient (Wildman–Crippen LogP) is 2.05. The Balaban J connectivity index is 2.03. The van der Waals surface area contributed by atoms with Crippen LogP contribution in [-0.4, -0.2) is 17.7 Å². The first-order valence-corrected chi connectivity index (χ1v) is 5.67. The zero-order chi connectivity index (χ0) is 9.68. The minimum atomic E-state index is 0.532. The van der Waals surface area contributed by atoms with Crippen molar-refractivity contribution in [2.24, 2.45) is 5.92 Å². The monoisotopic (exact) mass is 200 g/mol. The second-order valence-electron chi connectivity index (χ2n) is 3.98. The average Bonchev–Trinajstić information content (AvgIpc) is 2.84. The van der Waals surface area contributed by atoms with Gasteiger partial charge in [0.1, 0.15) is 0 Å². The zero-order valence-corrected chi connectivity index (χ0v) is 9.41. The lowest BCUT2D eigenvalue weighted by Crippen LogP contribution is -2.40. The Morgan fingerprint density at radius 1 is 1.54 bits per heavy atom. The van der Waals surface area contributed by atoms with Crippen molar-refractivity contribution < 1.29 is 0 Å². The third-order valence-corrected chi connectivity index (χ3v) is 2.56. The maximum Gasteiger partial charge on any atom is 0.166 e. The highest BCUT2D eigenvalue weighted by Crippen LogP contribution is 2.33. The number of nitrogens with one attached hydrogen (secondary N) is 2. The summed E-state index contributed by atoms with van der Waals surface area (Å²) in [4.78, 5) is 0. The molecule has 2 nitrogen and oxygen atoms in total. The molecule has 0 heterocycles. The summed E-state index contributed by atoms with van der Waals surface area (Å²) >= 11 is 5.15. The molecule has 1 rings (SSSR count). The molecule has 0 spiro atoms. The van der Waals surface area contributed by atoms with E-state index in [1.165, 1.54) is 19.3 Å². The van der Waals surface area contributed by atoms with E-state index in [9.17, 15) is 0 Å². The molecule has 13 heavy (non-hydrogen) atoms. The molecule has 0 aromatic rings. The van der Waals surface area contributed by atoms with E-state index in [1.807, 2.05) is 0 Å². The van der Waals surface area contributed by atoms with Gasteiger partial charge in [-0.05, 0) is 37.9 Å². The molecule has 1 aliphatic carbocycles. The van der Waals surface area contributed by atoms with Crippen LogP contribution in [0.2, 0.25) is 0 Å². The van der Waals surface area contributed by atoms with Crippen molar-refractivity contribution in [2.45, 2.75) is 45.6 Å². The first-order valence-electron chi connectivity index (χ1n) is 5.26. The van der Waals surface area contributed by atoms with Crippen molar-refractivity contribution in [3.05, 3.63) is 0 Å². The SMILES string of the molecule is CCCNC(=S)NC(C)CC1CC1. The lowest BCUT2D eigenvalue weighted by Gasteiger charge is -2.16. The van der Waals surface area contributed by atoms with Gasteiger partial charge in [-0.25, -0.2) is 0 Å². The molecule has 2 N–H and O–H groups in total. The summed E-state index contributed by atoms with van der Waals surface area (Å²) in [6.07, 6.45) is 5.23. The van der Waals surface area contributed by atoms with Crippen molar-refractivity contribution in [2.75, 3.05) is 6.54 Å². The van der Waals surface area contributed by atoms with Gasteiger partial charge in [-0.15, -0.1) is 0 Å². The van der Waals surface area contributed by atoms with Crippen molar-refractivity contribution in [1.82, 2.24) is 10.6 Å². The Labute approximate surface area is 86.5 Å². The van der Waals surface area contributed by atoms with E-state index in [2.05, 4.69) is 24.5 Å². The first kappa shape index (κ1) is 10.8. The van der Waals surface area contributed by atoms with E-state index < -0.39 is 0 Å². The second kappa shape index (κ2) is 5.43. The zero-order valence-electron chi connectivity index (χ0n) is 8.60. The van der Waals surface area contributed by atoms with Crippen LogP contribution in [0.1, 0.15) is 39.5 Å². The molecule has 1 unspecified atom stereocenters. The highest BCUT2D eigenvalue weighted by molar-refractivity contribution is 7.80. The van der Waals surface area contributed by atoms with Crippen LogP contribution >= 0.6 is 12.2 Å². The van der Waals surface area contributed by atoms with Gasteiger partial charge in [0.2, 0.25) is 0 Å². The molecule has 1 saturated carbocycles. The fraction of sp³-hybridized carbons (Fsp3) is 0.900. The largest absolute Gasteiger partial charge is 0.363 e. The normalized spacial score (nSPS) is 18.0. The molecule has 0 saturated heterocycles. The molecule has 3 heteroatoms. The van der Waals surface area contributed by atoms with Gasteiger partial charge in [-0.1, -0.05) is 19.8 Å². The summed E-state index contributed by atoms with van der Waals surface area (Å²) < 4.78 is 0. The van der Waals surface area contributed by atoms with E-state index in [0.29, 0.717) is 6.04 Å². The Bertz CT molecular complexity index is 166. The Kier molecular flexibility index (Phi) is 4.50. The molecule has 1 aliphatic rings. The summed E-state index contributed by atoms with van der Waals surface area (Å²) in [5, 5.41) is 7.30. The van der Waals surface area contributed by atoms with Gasteiger partial charge in [-0.3, -0.25) is 0 Å². The van der Waals surface area contributed by atoms with Gasteiger partial charge in [0, 0.05) is 12.6 Å². The summed E-state index contributed by atoms with van der Waals surface area (Å²) in [6.45, 7) is 5.32. The first-order chi connectivity index (χ1) is 6.22. The molecule has 0 amide bonds. The van der Waals surface area contributed by atoms with Crippen LogP contribution in [0.15, 0.2) is 0 Å². The molecule has 0 radical (unpaired) electrons. The van der Waals surface area contributed by atoms with E-state index in [1.54, 1.807) is 0 Å². The topological polar surface area (TPSA) is 24.1 Å². The molecule has 0 bridgehead atoms. The van der Waals surface area contributed by atoms with Gasteiger partial charge in [0.05, 0.1) is 0 Å². The van der Waals surface area contributed by atoms with Crippen LogP contribution in [0.5, 0.6) is 0 Å². The van der Waals surface area contributed by atoms with Crippen LogP contribution in [0.3, 0.4) is 0 Å². The molecule has 0 aliphatic heterocycles. The lowest BCUT2D eigenvalue weighted by molar-refractivity contribution is 0.558. The quantitative estimate of drug-likeness (QED) is 0.664. The molecular formula is C10H20N2S. The second-order valence-corrected chi connectivity index (χ2v) is 4.39. The minimum absolute atomic E-state index is 0.532. The van der Waals surface area contributed by atoms with E-state index in [4.69, 9.17) is 12.2 Å². The van der Waals surface area contributed by atoms with Crippen LogP contribution in [0.4, 0.5) is 0 Å². The molecule has 1 atom stereocenters. The summed E-state index contributed by atoms with van der Waals surface area (Å²) in [7, 11) is 0. The maximum atomic E-state index is 5.15. The standard InChI is InChI=1S/C10H20N2S/c1-3-6-11-10(13)12-8(2)7-9-4-5-9/h8-9H,3-7H2,1-2H3,(H2,11,12,13). The summed E-state index contributed by atoms with van der Waals surface area (Å²) in [6, 6.07) is 0.532. The van der Waals surface area contributed by atoms with Crippen molar-refractivity contribution in [3.8, 4) is 0 Å². The van der Waals surface area contributed by atoms with Crippen LogP contribution < -0.4 is 10.6 Å². The number of thiocarbonyl (C=S) groups is 1. The summed E-state index contributed by atoms with van der Waals surface area (Å²) in [5.74, 6) is 0.969. The van der Waals surface area contributed by atoms with Crippen molar-refractivity contribution >= 4 is 17.3 Å². The van der Waals surface area contributed by atoms with Gasteiger partial charge in [-0.2, -0.15) is 0 Å². The Morgan fingerprint density at radius 3 is 2.77 bits per heavy atom. The van der Waals surface area contributed by atoms with Crippen LogP contribution in [-0.2, 0) is 0 Å². The third-order valence-electron chi connectivity index (χ3n) is 2.30. The molecular weight excluding hydrogens is 180 g/mol. The smallest absolute Gasteiger partial charge is 0.166 e. The van der Waals surface area contributed by atoms with Gasteiger partial charge < -0.3 is 10.6 Å². The van der Waals surface area contributed by atoms with E-state index in [-0.39, 0.29) is 0 Å². The third kappa shape index (κ3) is 5.09. The predicted molar refractivity (Wildman–Crippen MR) is 60.8 cm³/mol. The van der Waals surface area contributed by atoms with Crippen LogP contribution in [0.25, 0.3) is 0 Å².